The topological polar surface area (TPSA) is 130 Å². The molecule has 4 aliphatic rings. The summed E-state index contributed by atoms with van der Waals surface area (Å²) in [6, 6.07) is 32.1. The van der Waals surface area contributed by atoms with Crippen molar-refractivity contribution >= 4 is 48.0 Å². The number of amides is 3. The van der Waals surface area contributed by atoms with E-state index in [1.165, 1.54) is 5.19 Å². The van der Waals surface area contributed by atoms with Crippen molar-refractivity contribution in [2.75, 3.05) is 41.5 Å². The van der Waals surface area contributed by atoms with Crippen molar-refractivity contribution in [3.8, 4) is 5.75 Å². The minimum Gasteiger partial charge on any atom is -0.497 e. The van der Waals surface area contributed by atoms with Gasteiger partial charge in [0.1, 0.15) is 5.75 Å². The van der Waals surface area contributed by atoms with Crippen molar-refractivity contribution in [3.63, 3.8) is 0 Å². The lowest BCUT2D eigenvalue weighted by molar-refractivity contribution is -0.146. The Kier molecular flexibility index (Phi) is 10.9. The second-order valence-corrected chi connectivity index (χ2v) is 22.2. The van der Waals surface area contributed by atoms with Crippen LogP contribution in [0.4, 0.5) is 17.1 Å². The number of ether oxygens (including phenoxy) is 2. The molecule has 3 fully saturated rings. The summed E-state index contributed by atoms with van der Waals surface area (Å²) >= 11 is 0. The van der Waals surface area contributed by atoms with E-state index in [0.29, 0.717) is 51.1 Å². The van der Waals surface area contributed by atoms with Crippen LogP contribution in [0.15, 0.2) is 103 Å². The van der Waals surface area contributed by atoms with Crippen molar-refractivity contribution in [1.82, 2.24) is 15.0 Å². The third-order valence-corrected chi connectivity index (χ3v) is 18.1. The standard InChI is InChI=1S/C48H54N6O6Si/c1-32-46(61(3,4)38-20-18-37(59-2)19-21-38)43(23-26-51-30-41(49-50-51)39(31-55)34-12-6-5-7-13-34)60-48(32)40-28-36(53-25-10-16-45(53)57)17-22-42(40)54(47(48)58)29-33-11-8-14-35(27-33)52-24-9-15-44(52)56/h5-8,11-14,17-22,27-28,30,32,39,43,46,55H,9-10,15-16,23-26,29,31H2,1-4H3/t32-,39?,43+,46-,48+/m0/s1. The van der Waals surface area contributed by atoms with Gasteiger partial charge in [-0.3, -0.25) is 19.1 Å². The number of nitrogens with zero attached hydrogens (tertiary/aromatic N) is 6. The number of methoxy groups -OCH3 is 1. The Morgan fingerprint density at radius 3 is 2.25 bits per heavy atom. The van der Waals surface area contributed by atoms with E-state index in [-0.39, 0.29) is 47.8 Å². The van der Waals surface area contributed by atoms with Crippen LogP contribution in [0, 0.1) is 5.92 Å². The van der Waals surface area contributed by atoms with E-state index < -0.39 is 13.7 Å². The maximum atomic E-state index is 15.7. The average Bonchev–Trinajstić information content (AvgIpc) is 4.12. The van der Waals surface area contributed by atoms with E-state index in [2.05, 4.69) is 42.5 Å². The number of benzene rings is 4. The van der Waals surface area contributed by atoms with Crippen molar-refractivity contribution in [2.45, 2.75) is 88.4 Å². The molecule has 5 aromatic rings. The SMILES string of the molecule is COc1ccc([Si](C)(C)[C@@H]2[C@@H](CCn3cc(C(CO)c4ccccc4)nn3)O[C@]3(C(=O)N(Cc4cccc(N5CCCC5=O)c4)c4ccc(N5CCCC5=O)cc43)[C@H]2C)cc1. The maximum absolute atomic E-state index is 15.7. The summed E-state index contributed by atoms with van der Waals surface area (Å²) in [6.07, 6.45) is 4.78. The Labute approximate surface area is 358 Å². The van der Waals surface area contributed by atoms with Gasteiger partial charge in [0.15, 0.2) is 5.60 Å². The monoisotopic (exact) mass is 838 g/mol. The summed E-state index contributed by atoms with van der Waals surface area (Å²) in [7, 11) is -0.790. The summed E-state index contributed by atoms with van der Waals surface area (Å²) < 4.78 is 14.9. The maximum Gasteiger partial charge on any atom is 0.264 e. The van der Waals surface area contributed by atoms with Gasteiger partial charge in [0.25, 0.3) is 5.91 Å². The molecule has 0 aliphatic carbocycles. The molecule has 9 rings (SSSR count). The Hall–Kier alpha value is -5.63. The van der Waals surface area contributed by atoms with Gasteiger partial charge in [-0.2, -0.15) is 0 Å². The van der Waals surface area contributed by atoms with E-state index in [1.54, 1.807) is 7.11 Å². The first-order chi connectivity index (χ1) is 29.5. The Bertz CT molecular complexity index is 2440. The average molecular weight is 839 g/mol. The van der Waals surface area contributed by atoms with Gasteiger partial charge in [0.2, 0.25) is 11.8 Å². The van der Waals surface area contributed by atoms with Crippen LogP contribution < -0.4 is 24.6 Å². The van der Waals surface area contributed by atoms with Crippen molar-refractivity contribution in [1.29, 1.82) is 0 Å². The molecule has 4 aromatic carbocycles. The first kappa shape index (κ1) is 40.8. The van der Waals surface area contributed by atoms with Gasteiger partial charge in [-0.05, 0) is 78.4 Å². The van der Waals surface area contributed by atoms with Crippen molar-refractivity contribution in [2.24, 2.45) is 5.92 Å². The number of anilines is 3. The zero-order valence-electron chi connectivity index (χ0n) is 35.4. The number of aromatic nitrogens is 3. The van der Waals surface area contributed by atoms with Gasteiger partial charge < -0.3 is 29.3 Å². The second-order valence-electron chi connectivity index (χ2n) is 17.6. The zero-order valence-corrected chi connectivity index (χ0v) is 36.4. The number of hydrogen-bond acceptors (Lipinski definition) is 8. The van der Waals surface area contributed by atoms with Crippen molar-refractivity contribution < 1.29 is 29.0 Å². The quantitative estimate of drug-likeness (QED) is 0.133. The molecular formula is C48H54N6O6Si. The second kappa shape index (κ2) is 16.3. The number of rotatable bonds is 13. The van der Waals surface area contributed by atoms with Gasteiger partial charge in [0, 0.05) is 61.5 Å². The van der Waals surface area contributed by atoms with E-state index >= 15 is 4.79 Å². The lowest BCUT2D eigenvalue weighted by Gasteiger charge is -2.37. The van der Waals surface area contributed by atoms with E-state index in [4.69, 9.17) is 9.47 Å². The molecule has 1 spiro atoms. The first-order valence-electron chi connectivity index (χ1n) is 21.6. The zero-order chi connectivity index (χ0) is 42.5. The first-order valence-corrected chi connectivity index (χ1v) is 24.7. The summed E-state index contributed by atoms with van der Waals surface area (Å²) in [5.74, 6) is 0.305. The minimum absolute atomic E-state index is 0.0169. The van der Waals surface area contributed by atoms with Crippen LogP contribution >= 0.6 is 0 Å². The van der Waals surface area contributed by atoms with Gasteiger partial charge in [-0.25, -0.2) is 0 Å². The molecule has 1 unspecified atom stereocenters. The molecular weight excluding hydrogens is 785 g/mol. The smallest absolute Gasteiger partial charge is 0.264 e. The van der Waals surface area contributed by atoms with E-state index in [0.717, 1.165) is 52.3 Å². The molecule has 316 valence electrons. The molecule has 61 heavy (non-hydrogen) atoms. The molecule has 3 saturated heterocycles. The van der Waals surface area contributed by atoms with E-state index in [1.807, 2.05) is 111 Å². The highest BCUT2D eigenvalue weighted by atomic mass is 28.3. The number of aryl methyl sites for hydroxylation is 1. The number of fused-ring (bicyclic) bond motifs is 2. The number of aliphatic hydroxyl groups is 1. The summed E-state index contributed by atoms with van der Waals surface area (Å²) in [4.78, 5) is 47.1. The molecule has 5 heterocycles. The molecule has 5 atom stereocenters. The molecule has 0 saturated carbocycles. The fraction of sp³-hybridized carbons (Fsp3) is 0.396. The molecule has 0 bridgehead atoms. The van der Waals surface area contributed by atoms with Gasteiger partial charge >= 0.3 is 0 Å². The highest BCUT2D eigenvalue weighted by Gasteiger charge is 2.66. The van der Waals surface area contributed by atoms with Gasteiger partial charge in [-0.15, -0.1) is 5.10 Å². The Morgan fingerprint density at radius 1 is 0.885 bits per heavy atom. The molecule has 1 aromatic heterocycles. The fourth-order valence-electron chi connectivity index (χ4n) is 10.6. The lowest BCUT2D eigenvalue weighted by Crippen LogP contribution is -2.51. The van der Waals surface area contributed by atoms with E-state index in [9.17, 15) is 14.7 Å². The van der Waals surface area contributed by atoms with Crippen LogP contribution in [0.2, 0.25) is 18.6 Å². The molecule has 3 amide bonds. The van der Waals surface area contributed by atoms with Crippen LogP contribution in [0.25, 0.3) is 0 Å². The van der Waals surface area contributed by atoms with Crippen LogP contribution in [0.5, 0.6) is 5.75 Å². The molecule has 0 radical (unpaired) electrons. The highest BCUT2D eigenvalue weighted by Crippen LogP contribution is 2.60. The number of hydrogen-bond donors (Lipinski definition) is 1. The highest BCUT2D eigenvalue weighted by molar-refractivity contribution is 6.91. The molecule has 4 aliphatic heterocycles. The van der Waals surface area contributed by atoms with Crippen LogP contribution in [-0.2, 0) is 37.8 Å². The largest absolute Gasteiger partial charge is 0.497 e. The summed E-state index contributed by atoms with van der Waals surface area (Å²) in [6.45, 7) is 8.92. The molecule has 1 N–H and O–H groups in total. The third-order valence-electron chi connectivity index (χ3n) is 13.8. The fourth-order valence-corrected chi connectivity index (χ4v) is 14.7. The summed E-state index contributed by atoms with van der Waals surface area (Å²) in [5, 5.41) is 20.6. The van der Waals surface area contributed by atoms with Gasteiger partial charge in [-0.1, -0.05) is 85.0 Å². The number of carbonyl (C=O) groups is 3. The lowest BCUT2D eigenvalue weighted by atomic mass is 9.82. The van der Waals surface area contributed by atoms with Crippen LogP contribution in [0.3, 0.4) is 0 Å². The normalized spacial score (nSPS) is 23.1. The number of aliphatic hydroxyl groups excluding tert-OH is 1. The van der Waals surface area contributed by atoms with Crippen molar-refractivity contribution in [3.05, 3.63) is 126 Å². The summed E-state index contributed by atoms with van der Waals surface area (Å²) in [5.41, 5.74) is 4.40. The van der Waals surface area contributed by atoms with Crippen LogP contribution in [0.1, 0.15) is 67.3 Å². The Balaban J connectivity index is 1.11. The third kappa shape index (κ3) is 7.15. The number of carbonyl (C=O) groups excluding carboxylic acids is 3. The minimum atomic E-state index is -2.46. The Morgan fingerprint density at radius 2 is 1.59 bits per heavy atom. The molecule has 13 heteroatoms. The van der Waals surface area contributed by atoms with Gasteiger partial charge in [0.05, 0.1) is 51.7 Å². The predicted octanol–water partition coefficient (Wildman–Crippen LogP) is 6.52. The molecule has 12 nitrogen and oxygen atoms in total. The predicted molar refractivity (Wildman–Crippen MR) is 237 cm³/mol. The van der Waals surface area contributed by atoms with Crippen LogP contribution in [-0.4, -0.2) is 78.8 Å².